The maximum absolute atomic E-state index is 13.3. The molecular formula is C25H34ClN5O5S. The number of halogens is 1. The van der Waals surface area contributed by atoms with E-state index < -0.39 is 23.2 Å². The molecule has 10 nitrogen and oxygen atoms in total. The van der Waals surface area contributed by atoms with Crippen molar-refractivity contribution in [2.24, 2.45) is 7.05 Å². The number of anilines is 2. The van der Waals surface area contributed by atoms with Crippen LogP contribution in [0.5, 0.6) is 0 Å². The molecule has 0 saturated carbocycles. The SMILES string of the molecule is CCOC(=O)c1cccc(Sc2c(N)nc(N3CCC(C)(NC(=O)OC(C)(C)C)CC3)n(C)c2=O)c1Cl. The molecule has 2 heterocycles. The van der Waals surface area contributed by atoms with E-state index in [1.54, 1.807) is 32.2 Å². The Labute approximate surface area is 225 Å². The number of alkyl carbamates (subject to hydrolysis) is 1. The average molecular weight is 552 g/mol. The molecule has 0 radical (unpaired) electrons. The van der Waals surface area contributed by atoms with Gasteiger partial charge in [0.25, 0.3) is 5.56 Å². The number of esters is 1. The number of nitrogens with two attached hydrogens (primary N) is 1. The molecule has 0 atom stereocenters. The number of carbonyl (C=O) groups is 2. The summed E-state index contributed by atoms with van der Waals surface area (Å²) in [5, 5.41) is 3.16. The first-order valence-corrected chi connectivity index (χ1v) is 13.2. The smallest absolute Gasteiger partial charge is 0.408 e. The second-order valence-electron chi connectivity index (χ2n) is 10.1. The minimum absolute atomic E-state index is 0.0703. The Bertz CT molecular complexity index is 1240. The van der Waals surface area contributed by atoms with Crippen LogP contribution in [0.25, 0.3) is 0 Å². The van der Waals surface area contributed by atoms with Gasteiger partial charge in [-0.3, -0.25) is 9.36 Å². The fourth-order valence-corrected chi connectivity index (χ4v) is 5.17. The Hall–Kier alpha value is -2.92. The predicted octanol–water partition coefficient (Wildman–Crippen LogP) is 4.23. The summed E-state index contributed by atoms with van der Waals surface area (Å²) >= 11 is 7.50. The van der Waals surface area contributed by atoms with E-state index in [2.05, 4.69) is 10.3 Å². The Morgan fingerprint density at radius 2 is 1.92 bits per heavy atom. The molecule has 3 rings (SSSR count). The lowest BCUT2D eigenvalue weighted by Gasteiger charge is -2.40. The zero-order valence-electron chi connectivity index (χ0n) is 22.0. The Morgan fingerprint density at radius 1 is 1.27 bits per heavy atom. The highest BCUT2D eigenvalue weighted by molar-refractivity contribution is 7.99. The van der Waals surface area contributed by atoms with Gasteiger partial charge in [0.05, 0.1) is 17.2 Å². The number of piperidine rings is 1. The zero-order valence-corrected chi connectivity index (χ0v) is 23.6. The van der Waals surface area contributed by atoms with Crippen LogP contribution in [0, 0.1) is 0 Å². The van der Waals surface area contributed by atoms with Crippen molar-refractivity contribution < 1.29 is 19.1 Å². The molecular weight excluding hydrogens is 518 g/mol. The number of hydrogen-bond acceptors (Lipinski definition) is 9. The summed E-state index contributed by atoms with van der Waals surface area (Å²) < 4.78 is 11.9. The Morgan fingerprint density at radius 3 is 2.51 bits per heavy atom. The van der Waals surface area contributed by atoms with Gasteiger partial charge in [-0.1, -0.05) is 29.4 Å². The quantitative estimate of drug-likeness (QED) is 0.507. The molecule has 1 aliphatic rings. The Balaban J connectivity index is 1.78. The van der Waals surface area contributed by atoms with E-state index in [1.165, 1.54) is 4.57 Å². The number of aromatic nitrogens is 2. The van der Waals surface area contributed by atoms with Crippen molar-refractivity contribution in [2.45, 2.75) is 68.4 Å². The van der Waals surface area contributed by atoms with Gasteiger partial charge in [-0.05, 0) is 59.6 Å². The van der Waals surface area contributed by atoms with Gasteiger partial charge in [0.15, 0.2) is 0 Å². The summed E-state index contributed by atoms with van der Waals surface area (Å²) in [5.74, 6) is -0.0268. The summed E-state index contributed by atoms with van der Waals surface area (Å²) in [6, 6.07) is 4.93. The molecule has 1 aromatic carbocycles. The van der Waals surface area contributed by atoms with E-state index in [-0.39, 0.29) is 33.5 Å². The normalized spacial score (nSPS) is 15.3. The van der Waals surface area contributed by atoms with Crippen LogP contribution in [0.3, 0.4) is 0 Å². The predicted molar refractivity (Wildman–Crippen MR) is 145 cm³/mol. The average Bonchev–Trinajstić information content (AvgIpc) is 2.79. The highest BCUT2D eigenvalue weighted by Crippen LogP contribution is 2.36. The van der Waals surface area contributed by atoms with Gasteiger partial charge in [0, 0.05) is 30.6 Å². The van der Waals surface area contributed by atoms with E-state index in [0.29, 0.717) is 36.8 Å². The Kier molecular flexibility index (Phi) is 8.69. The second-order valence-corrected chi connectivity index (χ2v) is 11.5. The molecule has 1 aromatic heterocycles. The van der Waals surface area contributed by atoms with E-state index in [4.69, 9.17) is 26.8 Å². The molecule has 202 valence electrons. The van der Waals surface area contributed by atoms with Crippen LogP contribution in [0.1, 0.15) is 57.8 Å². The molecule has 1 amide bonds. The van der Waals surface area contributed by atoms with Crippen LogP contribution in [-0.4, -0.2) is 52.4 Å². The molecule has 12 heteroatoms. The van der Waals surface area contributed by atoms with E-state index in [1.807, 2.05) is 32.6 Å². The number of nitrogens with one attached hydrogen (secondary N) is 1. The number of nitrogen functional groups attached to an aromatic ring is 1. The molecule has 1 saturated heterocycles. The van der Waals surface area contributed by atoms with Gasteiger partial charge in [-0.2, -0.15) is 4.98 Å². The van der Waals surface area contributed by atoms with Crippen molar-refractivity contribution in [3.05, 3.63) is 39.1 Å². The van der Waals surface area contributed by atoms with Gasteiger partial charge in [0.1, 0.15) is 16.3 Å². The second kappa shape index (κ2) is 11.2. The van der Waals surface area contributed by atoms with Gasteiger partial charge < -0.3 is 25.4 Å². The summed E-state index contributed by atoms with van der Waals surface area (Å²) in [4.78, 5) is 44.9. The van der Waals surface area contributed by atoms with Gasteiger partial charge in [-0.25, -0.2) is 9.59 Å². The number of hydrogen-bond donors (Lipinski definition) is 2. The zero-order chi connectivity index (χ0) is 27.5. The molecule has 2 aromatic rings. The lowest BCUT2D eigenvalue weighted by atomic mass is 9.90. The highest BCUT2D eigenvalue weighted by atomic mass is 35.5. The fourth-order valence-electron chi connectivity index (χ4n) is 3.91. The molecule has 3 N–H and O–H groups in total. The van der Waals surface area contributed by atoms with Crippen molar-refractivity contribution in [1.82, 2.24) is 14.9 Å². The van der Waals surface area contributed by atoms with Crippen molar-refractivity contribution in [3.63, 3.8) is 0 Å². The van der Waals surface area contributed by atoms with Crippen LogP contribution in [0.4, 0.5) is 16.6 Å². The largest absolute Gasteiger partial charge is 0.462 e. The number of amides is 1. The van der Waals surface area contributed by atoms with Crippen LogP contribution in [0.15, 0.2) is 32.8 Å². The third-order valence-electron chi connectivity index (χ3n) is 5.88. The first-order valence-electron chi connectivity index (χ1n) is 12.0. The summed E-state index contributed by atoms with van der Waals surface area (Å²) in [7, 11) is 1.64. The molecule has 0 unspecified atom stereocenters. The first-order chi connectivity index (χ1) is 17.2. The number of carbonyl (C=O) groups excluding carboxylic acids is 2. The number of benzene rings is 1. The molecule has 1 fully saturated rings. The minimum atomic E-state index is -0.578. The number of rotatable bonds is 6. The lowest BCUT2D eigenvalue weighted by Crippen LogP contribution is -2.55. The summed E-state index contributed by atoms with van der Waals surface area (Å²) in [6.45, 7) is 10.5. The summed E-state index contributed by atoms with van der Waals surface area (Å²) in [5.41, 5.74) is 5.10. The molecule has 0 aliphatic carbocycles. The molecule has 0 bridgehead atoms. The summed E-state index contributed by atoms with van der Waals surface area (Å²) in [6.07, 6.45) is 0.814. The van der Waals surface area contributed by atoms with Crippen molar-refractivity contribution >= 4 is 47.2 Å². The molecule has 1 aliphatic heterocycles. The number of ether oxygens (including phenoxy) is 2. The van der Waals surface area contributed by atoms with E-state index in [9.17, 15) is 14.4 Å². The fraction of sp³-hybridized carbons (Fsp3) is 0.520. The third kappa shape index (κ3) is 6.89. The monoisotopic (exact) mass is 551 g/mol. The topological polar surface area (TPSA) is 129 Å². The lowest BCUT2D eigenvalue weighted by molar-refractivity contribution is 0.0446. The van der Waals surface area contributed by atoms with Crippen LogP contribution in [0.2, 0.25) is 5.02 Å². The standard InChI is InChI=1S/C25H34ClN5O5S/c1-7-35-21(33)15-9-8-10-16(17(15)26)37-18-19(27)28-22(30(6)20(18)32)31-13-11-25(5,12-14-31)29-23(34)36-24(2,3)4/h8-10H,7,11-14,27H2,1-6H3,(H,29,34). The minimum Gasteiger partial charge on any atom is -0.462 e. The molecule has 0 spiro atoms. The maximum atomic E-state index is 13.3. The van der Waals surface area contributed by atoms with Gasteiger partial charge in [0.2, 0.25) is 5.95 Å². The van der Waals surface area contributed by atoms with Crippen LogP contribution in [-0.2, 0) is 16.5 Å². The van der Waals surface area contributed by atoms with Crippen molar-refractivity contribution in [1.29, 1.82) is 0 Å². The van der Waals surface area contributed by atoms with E-state index in [0.717, 1.165) is 11.8 Å². The maximum Gasteiger partial charge on any atom is 0.408 e. The van der Waals surface area contributed by atoms with E-state index >= 15 is 0 Å². The highest BCUT2D eigenvalue weighted by Gasteiger charge is 2.34. The van der Waals surface area contributed by atoms with Gasteiger partial charge >= 0.3 is 12.1 Å². The van der Waals surface area contributed by atoms with Crippen molar-refractivity contribution in [3.8, 4) is 0 Å². The first kappa shape index (κ1) is 28.6. The third-order valence-corrected chi connectivity index (χ3v) is 7.54. The van der Waals surface area contributed by atoms with Crippen LogP contribution >= 0.6 is 23.4 Å². The van der Waals surface area contributed by atoms with Gasteiger partial charge in [-0.15, -0.1) is 0 Å². The van der Waals surface area contributed by atoms with Crippen molar-refractivity contribution in [2.75, 3.05) is 30.3 Å². The van der Waals surface area contributed by atoms with Crippen LogP contribution < -0.4 is 21.5 Å². The molecule has 37 heavy (non-hydrogen) atoms. The number of nitrogens with zero attached hydrogens (tertiary/aromatic N) is 3.